The summed E-state index contributed by atoms with van der Waals surface area (Å²) in [6.07, 6.45) is -0.143. The Labute approximate surface area is 146 Å². The van der Waals surface area contributed by atoms with Gasteiger partial charge in [0.15, 0.2) is 11.6 Å². The van der Waals surface area contributed by atoms with Gasteiger partial charge in [0.1, 0.15) is 12.0 Å². The van der Waals surface area contributed by atoms with Gasteiger partial charge in [0.05, 0.1) is 0 Å². The molecule has 1 aromatic heterocycles. The van der Waals surface area contributed by atoms with E-state index in [9.17, 15) is 17.6 Å². The van der Waals surface area contributed by atoms with Crippen LogP contribution in [-0.2, 0) is 5.66 Å². The number of aromatic nitrogens is 1. The minimum atomic E-state index is -2.79. The first kappa shape index (κ1) is 17.1. The van der Waals surface area contributed by atoms with Crippen LogP contribution in [0.4, 0.5) is 17.6 Å². The Bertz CT molecular complexity index is 775. The number of nitrogens with one attached hydrogen (secondary N) is 2. The second-order valence-corrected chi connectivity index (χ2v) is 7.14. The molecule has 0 radical (unpaired) electrons. The molecule has 1 unspecified atom stereocenters. The van der Waals surface area contributed by atoms with Gasteiger partial charge in [-0.15, -0.1) is 0 Å². The van der Waals surface area contributed by atoms with Gasteiger partial charge in [-0.05, 0) is 0 Å². The maximum absolute atomic E-state index is 13.5. The molecule has 0 saturated heterocycles. The molecule has 0 spiro atoms. The van der Waals surface area contributed by atoms with E-state index in [-0.39, 0.29) is 24.8 Å². The average molecular weight is 374 g/mol. The molecule has 0 amide bonds. The summed E-state index contributed by atoms with van der Waals surface area (Å²) in [5, 5.41) is 5.81. The van der Waals surface area contributed by atoms with E-state index in [4.69, 9.17) is 10.2 Å². The SMILES string of the molecule is Cc1nc(C2(C3CC(F)(F)C3)N=C(N)N=C(NC3CC(F)(F)C3)N2)co1. The topological polar surface area (TPSA) is 101 Å². The van der Waals surface area contributed by atoms with Crippen LogP contribution in [0.15, 0.2) is 20.7 Å². The first-order chi connectivity index (χ1) is 12.1. The van der Waals surface area contributed by atoms with Gasteiger partial charge < -0.3 is 20.8 Å². The Hall–Kier alpha value is -2.33. The van der Waals surface area contributed by atoms with Crippen molar-refractivity contribution in [3.63, 3.8) is 0 Å². The lowest BCUT2D eigenvalue weighted by molar-refractivity contribution is -0.135. The molecule has 11 heteroatoms. The summed E-state index contributed by atoms with van der Waals surface area (Å²) in [6.45, 7) is 1.62. The first-order valence-electron chi connectivity index (χ1n) is 8.24. The van der Waals surface area contributed by atoms with Crippen LogP contribution in [0.2, 0.25) is 0 Å². The lowest BCUT2D eigenvalue weighted by Crippen LogP contribution is -2.64. The number of nitrogens with two attached hydrogens (primary N) is 1. The Kier molecular flexibility index (Phi) is 3.51. The van der Waals surface area contributed by atoms with E-state index in [1.165, 1.54) is 6.26 Å². The van der Waals surface area contributed by atoms with Crippen LogP contribution in [-0.4, -0.2) is 34.8 Å². The van der Waals surface area contributed by atoms with Crippen molar-refractivity contribution in [3.8, 4) is 0 Å². The summed E-state index contributed by atoms with van der Waals surface area (Å²) in [5.41, 5.74) is 4.73. The first-order valence-corrected chi connectivity index (χ1v) is 8.24. The highest BCUT2D eigenvalue weighted by Gasteiger charge is 2.58. The highest BCUT2D eigenvalue weighted by Crippen LogP contribution is 2.52. The maximum atomic E-state index is 13.5. The highest BCUT2D eigenvalue weighted by molar-refractivity contribution is 5.96. The molecule has 0 aromatic carbocycles. The Balaban J connectivity index is 1.61. The fourth-order valence-electron chi connectivity index (χ4n) is 3.60. The van der Waals surface area contributed by atoms with E-state index < -0.39 is 42.3 Å². The zero-order valence-electron chi connectivity index (χ0n) is 13.9. The third-order valence-electron chi connectivity index (χ3n) is 4.95. The van der Waals surface area contributed by atoms with Crippen molar-refractivity contribution in [2.45, 2.75) is 56.2 Å². The standard InChI is InChI=1S/C15H18F4N6O/c1-7-21-10(6-26-7)15(8-2-13(16,17)3-8)24-11(20)23-12(25-15)22-9-4-14(18,19)5-9/h6,8-9H,2-5H2,1H3,(H4,20,22,23,24,25). The zero-order chi connectivity index (χ0) is 18.7. The van der Waals surface area contributed by atoms with Crippen molar-refractivity contribution in [1.82, 2.24) is 15.6 Å². The molecule has 7 nitrogen and oxygen atoms in total. The third kappa shape index (κ3) is 2.88. The zero-order valence-corrected chi connectivity index (χ0v) is 13.9. The van der Waals surface area contributed by atoms with Gasteiger partial charge in [-0.25, -0.2) is 27.5 Å². The lowest BCUT2D eigenvalue weighted by atomic mass is 9.71. The van der Waals surface area contributed by atoms with Gasteiger partial charge in [0.2, 0.25) is 17.8 Å². The fraction of sp³-hybridized carbons (Fsp3) is 0.667. The second-order valence-electron chi connectivity index (χ2n) is 7.14. The number of aryl methyl sites for hydroxylation is 1. The number of hydrogen-bond acceptors (Lipinski definition) is 7. The Morgan fingerprint density at radius 2 is 1.85 bits per heavy atom. The number of hydrogen-bond donors (Lipinski definition) is 3. The van der Waals surface area contributed by atoms with E-state index in [2.05, 4.69) is 25.6 Å². The van der Waals surface area contributed by atoms with Crippen molar-refractivity contribution < 1.29 is 22.0 Å². The van der Waals surface area contributed by atoms with E-state index in [1.54, 1.807) is 6.92 Å². The number of aliphatic imine (C=N–C) groups is 2. The summed E-state index contributed by atoms with van der Waals surface area (Å²) >= 11 is 0. The molecule has 1 atom stereocenters. The van der Waals surface area contributed by atoms with Crippen molar-refractivity contribution >= 4 is 11.9 Å². The molecule has 2 heterocycles. The van der Waals surface area contributed by atoms with Crippen LogP contribution >= 0.6 is 0 Å². The summed E-state index contributed by atoms with van der Waals surface area (Å²) < 4.78 is 58.4. The van der Waals surface area contributed by atoms with Crippen LogP contribution in [0.25, 0.3) is 0 Å². The molecule has 4 rings (SSSR count). The third-order valence-corrected chi connectivity index (χ3v) is 4.95. The number of guanidine groups is 2. The summed E-state index contributed by atoms with van der Waals surface area (Å²) in [6, 6.07) is -0.485. The molecule has 142 valence electrons. The van der Waals surface area contributed by atoms with E-state index in [0.29, 0.717) is 11.6 Å². The molecule has 26 heavy (non-hydrogen) atoms. The van der Waals surface area contributed by atoms with Crippen LogP contribution in [0.5, 0.6) is 0 Å². The second kappa shape index (κ2) is 5.34. The van der Waals surface area contributed by atoms with Crippen LogP contribution < -0.4 is 16.4 Å². The summed E-state index contributed by atoms with van der Waals surface area (Å²) in [5.74, 6) is -5.78. The molecule has 3 aliphatic rings. The van der Waals surface area contributed by atoms with Crippen molar-refractivity contribution in [3.05, 3.63) is 17.8 Å². The van der Waals surface area contributed by atoms with E-state index >= 15 is 0 Å². The Morgan fingerprint density at radius 3 is 2.38 bits per heavy atom. The van der Waals surface area contributed by atoms with Gasteiger partial charge in [0.25, 0.3) is 5.92 Å². The predicted octanol–water partition coefficient (Wildman–Crippen LogP) is 1.84. The maximum Gasteiger partial charge on any atom is 0.252 e. The van der Waals surface area contributed by atoms with Crippen LogP contribution in [0, 0.1) is 12.8 Å². The minimum Gasteiger partial charge on any atom is -0.449 e. The van der Waals surface area contributed by atoms with Crippen molar-refractivity contribution in [2.75, 3.05) is 0 Å². The molecule has 2 saturated carbocycles. The molecule has 1 aromatic rings. The number of nitrogens with zero attached hydrogens (tertiary/aromatic N) is 3. The normalized spacial score (nSPS) is 30.5. The largest absolute Gasteiger partial charge is 0.449 e. The van der Waals surface area contributed by atoms with Gasteiger partial charge in [-0.2, -0.15) is 4.99 Å². The van der Waals surface area contributed by atoms with Crippen LogP contribution in [0.3, 0.4) is 0 Å². The quantitative estimate of drug-likeness (QED) is 0.701. The molecule has 1 aliphatic heterocycles. The summed E-state index contributed by atoms with van der Waals surface area (Å²) in [4.78, 5) is 12.5. The number of oxazole rings is 1. The molecular weight excluding hydrogens is 356 g/mol. The molecule has 4 N–H and O–H groups in total. The fourth-order valence-corrected chi connectivity index (χ4v) is 3.60. The number of alkyl halides is 4. The summed E-state index contributed by atoms with van der Waals surface area (Å²) in [7, 11) is 0. The van der Waals surface area contributed by atoms with Gasteiger partial charge in [0, 0.05) is 44.6 Å². The highest BCUT2D eigenvalue weighted by atomic mass is 19.3. The minimum absolute atomic E-state index is 0.119. The predicted molar refractivity (Wildman–Crippen MR) is 83.9 cm³/mol. The number of halogens is 4. The average Bonchev–Trinajstić information content (AvgIpc) is 2.89. The van der Waals surface area contributed by atoms with Crippen molar-refractivity contribution in [2.24, 2.45) is 21.6 Å². The van der Waals surface area contributed by atoms with Crippen molar-refractivity contribution in [1.29, 1.82) is 0 Å². The van der Waals surface area contributed by atoms with Gasteiger partial charge in [-0.1, -0.05) is 0 Å². The molecule has 2 aliphatic carbocycles. The molecule has 2 fully saturated rings. The smallest absolute Gasteiger partial charge is 0.252 e. The van der Waals surface area contributed by atoms with Gasteiger partial charge >= 0.3 is 0 Å². The van der Waals surface area contributed by atoms with Gasteiger partial charge in [-0.3, -0.25) is 0 Å². The monoisotopic (exact) mass is 374 g/mol. The number of rotatable bonds is 3. The molecule has 0 bridgehead atoms. The van der Waals surface area contributed by atoms with Crippen LogP contribution in [0.1, 0.15) is 37.3 Å². The van der Waals surface area contributed by atoms with E-state index in [0.717, 1.165) is 0 Å². The Morgan fingerprint density at radius 1 is 1.19 bits per heavy atom. The van der Waals surface area contributed by atoms with E-state index in [1.807, 2.05) is 0 Å². The molecular formula is C15H18F4N6O. The lowest BCUT2D eigenvalue weighted by Gasteiger charge is -2.47.